The Bertz CT molecular complexity index is 396. The molecule has 128 valence electrons. The number of ether oxygens (including phenoxy) is 1. The molecule has 0 aromatic rings. The highest BCUT2D eigenvalue weighted by atomic mass is 31.0. The summed E-state index contributed by atoms with van der Waals surface area (Å²) in [6, 6.07) is 0. The van der Waals surface area contributed by atoms with Crippen molar-refractivity contribution in [1.29, 1.82) is 0 Å². The lowest BCUT2D eigenvalue weighted by atomic mass is 10.2. The number of hydrogen-bond acceptors (Lipinski definition) is 4. The molecule has 0 radical (unpaired) electrons. The van der Waals surface area contributed by atoms with E-state index in [4.69, 9.17) is 4.74 Å². The molecule has 0 rings (SSSR count). The van der Waals surface area contributed by atoms with Crippen LogP contribution in [0.2, 0.25) is 0 Å². The van der Waals surface area contributed by atoms with Gasteiger partial charge in [0.15, 0.2) is 0 Å². The fraction of sp³-hybridized carbons (Fsp3) is 0.786. The average Bonchev–Trinajstić information content (AvgIpc) is 2.35. The molecule has 0 spiro atoms. The molecule has 0 aliphatic rings. The van der Waals surface area contributed by atoms with Gasteiger partial charge in [0.2, 0.25) is 11.8 Å². The van der Waals surface area contributed by atoms with E-state index in [1.165, 1.54) is 18.9 Å². The fourth-order valence-electron chi connectivity index (χ4n) is 1.59. The van der Waals surface area contributed by atoms with Crippen LogP contribution in [0.4, 0.5) is 4.79 Å². The minimum Gasteiger partial charge on any atom is -0.444 e. The Morgan fingerprint density at radius 2 is 1.77 bits per heavy atom. The lowest BCUT2D eigenvalue weighted by Crippen LogP contribution is -2.43. The predicted molar refractivity (Wildman–Crippen MR) is 88.7 cm³/mol. The summed E-state index contributed by atoms with van der Waals surface area (Å²) in [4.78, 5) is 37.7. The Hall–Kier alpha value is -1.36. The molecule has 0 saturated heterocycles. The molecule has 3 amide bonds. The maximum atomic E-state index is 11.8. The van der Waals surface area contributed by atoms with Gasteiger partial charge in [0, 0.05) is 33.6 Å². The molecule has 0 aliphatic carbocycles. The first kappa shape index (κ1) is 20.6. The standard InChI is InChI=1S/C14H28N3O4P/c1-11(18)17(8-9-22)7-6-15-12(19)10-16(5)13(20)21-14(2,3)4/h6-10,22H2,1-5H3,(H,15,19). The monoisotopic (exact) mass is 333 g/mol. The summed E-state index contributed by atoms with van der Waals surface area (Å²) in [5.74, 6) is -0.315. The average molecular weight is 333 g/mol. The van der Waals surface area contributed by atoms with Crippen LogP contribution in [0.25, 0.3) is 0 Å². The van der Waals surface area contributed by atoms with Gasteiger partial charge in [0.1, 0.15) is 12.1 Å². The van der Waals surface area contributed by atoms with Gasteiger partial charge >= 0.3 is 6.09 Å². The zero-order valence-corrected chi connectivity index (χ0v) is 15.3. The van der Waals surface area contributed by atoms with E-state index in [-0.39, 0.29) is 18.4 Å². The first-order valence-electron chi connectivity index (χ1n) is 7.23. The van der Waals surface area contributed by atoms with Gasteiger partial charge in [-0.3, -0.25) is 9.59 Å². The molecule has 0 saturated carbocycles. The first-order chi connectivity index (χ1) is 10.1. The molecule has 1 N–H and O–H groups in total. The third-order valence-electron chi connectivity index (χ3n) is 2.63. The molecule has 0 aromatic carbocycles. The maximum Gasteiger partial charge on any atom is 0.410 e. The molecule has 8 heteroatoms. The molecule has 22 heavy (non-hydrogen) atoms. The Morgan fingerprint density at radius 1 is 1.18 bits per heavy atom. The summed E-state index contributed by atoms with van der Waals surface area (Å²) in [6.45, 7) is 8.14. The Balaban J connectivity index is 4.13. The van der Waals surface area contributed by atoms with E-state index in [0.29, 0.717) is 19.6 Å². The van der Waals surface area contributed by atoms with Crippen molar-refractivity contribution in [2.45, 2.75) is 33.3 Å². The molecule has 1 atom stereocenters. The normalized spacial score (nSPS) is 10.8. The molecule has 0 aromatic heterocycles. The van der Waals surface area contributed by atoms with Gasteiger partial charge in [-0.1, -0.05) is 0 Å². The number of nitrogens with one attached hydrogen (secondary N) is 1. The van der Waals surface area contributed by atoms with Crippen LogP contribution < -0.4 is 5.32 Å². The number of hydrogen-bond donors (Lipinski definition) is 1. The molecule has 0 aliphatic heterocycles. The number of carbonyl (C=O) groups is 3. The molecule has 0 bridgehead atoms. The van der Waals surface area contributed by atoms with Crippen LogP contribution in [-0.4, -0.2) is 72.7 Å². The molecular formula is C14H28N3O4P. The lowest BCUT2D eigenvalue weighted by molar-refractivity contribution is -0.129. The predicted octanol–water partition coefficient (Wildman–Crippen LogP) is 0.693. The van der Waals surface area contributed by atoms with E-state index >= 15 is 0 Å². The van der Waals surface area contributed by atoms with Crippen molar-refractivity contribution in [2.75, 3.05) is 39.4 Å². The van der Waals surface area contributed by atoms with Crippen molar-refractivity contribution < 1.29 is 19.1 Å². The molecule has 7 nitrogen and oxygen atoms in total. The lowest BCUT2D eigenvalue weighted by Gasteiger charge is -2.24. The van der Waals surface area contributed by atoms with Gasteiger partial charge in [-0.05, 0) is 26.9 Å². The van der Waals surface area contributed by atoms with Crippen LogP contribution in [-0.2, 0) is 14.3 Å². The fourth-order valence-corrected chi connectivity index (χ4v) is 1.90. The minimum absolute atomic E-state index is 0.0254. The number of carbonyl (C=O) groups excluding carboxylic acids is 3. The largest absolute Gasteiger partial charge is 0.444 e. The SMILES string of the molecule is CC(=O)N(CCP)CCNC(=O)CN(C)C(=O)OC(C)(C)C. The highest BCUT2D eigenvalue weighted by Gasteiger charge is 2.21. The summed E-state index contributed by atoms with van der Waals surface area (Å²) < 4.78 is 5.16. The van der Waals surface area contributed by atoms with E-state index in [9.17, 15) is 14.4 Å². The van der Waals surface area contributed by atoms with Crippen molar-refractivity contribution in [3.8, 4) is 0 Å². The maximum absolute atomic E-state index is 11.8. The summed E-state index contributed by atoms with van der Waals surface area (Å²) in [5.41, 5.74) is -0.595. The zero-order valence-electron chi connectivity index (χ0n) is 14.1. The number of likely N-dealkylation sites (N-methyl/N-ethyl adjacent to an activating group) is 1. The van der Waals surface area contributed by atoms with Crippen LogP contribution in [0.3, 0.4) is 0 Å². The summed E-state index contributed by atoms with van der Waals surface area (Å²) in [6.07, 6.45) is 0.241. The van der Waals surface area contributed by atoms with Gasteiger partial charge < -0.3 is 19.9 Å². The Kier molecular flexibility index (Phi) is 9.02. The molecule has 0 heterocycles. The number of nitrogens with zero attached hydrogens (tertiary/aromatic N) is 2. The van der Waals surface area contributed by atoms with Gasteiger partial charge in [-0.15, -0.1) is 9.24 Å². The van der Waals surface area contributed by atoms with E-state index < -0.39 is 11.7 Å². The van der Waals surface area contributed by atoms with Crippen molar-refractivity contribution in [3.05, 3.63) is 0 Å². The molecule has 0 fully saturated rings. The summed E-state index contributed by atoms with van der Waals surface area (Å²) >= 11 is 0. The van der Waals surface area contributed by atoms with Crippen molar-refractivity contribution in [3.63, 3.8) is 0 Å². The third-order valence-corrected chi connectivity index (χ3v) is 2.89. The second kappa shape index (κ2) is 9.62. The summed E-state index contributed by atoms with van der Waals surface area (Å²) in [5, 5.41) is 2.69. The van der Waals surface area contributed by atoms with Gasteiger partial charge in [-0.25, -0.2) is 4.79 Å². The second-order valence-corrected chi connectivity index (χ2v) is 6.56. The van der Waals surface area contributed by atoms with Crippen LogP contribution in [0, 0.1) is 0 Å². The third kappa shape index (κ3) is 9.55. The zero-order chi connectivity index (χ0) is 17.3. The van der Waals surface area contributed by atoms with Crippen LogP contribution in [0.15, 0.2) is 0 Å². The highest BCUT2D eigenvalue weighted by Crippen LogP contribution is 2.08. The van der Waals surface area contributed by atoms with Gasteiger partial charge in [0.25, 0.3) is 0 Å². The van der Waals surface area contributed by atoms with E-state index in [1.807, 2.05) is 0 Å². The second-order valence-electron chi connectivity index (χ2n) is 5.98. The first-order valence-corrected chi connectivity index (χ1v) is 8.05. The minimum atomic E-state index is -0.595. The number of amides is 3. The van der Waals surface area contributed by atoms with E-state index in [0.717, 1.165) is 6.16 Å². The number of rotatable bonds is 7. The highest BCUT2D eigenvalue weighted by molar-refractivity contribution is 7.16. The van der Waals surface area contributed by atoms with Crippen LogP contribution in [0.5, 0.6) is 0 Å². The van der Waals surface area contributed by atoms with Gasteiger partial charge in [-0.2, -0.15) is 0 Å². The van der Waals surface area contributed by atoms with Gasteiger partial charge in [0.05, 0.1) is 0 Å². The topological polar surface area (TPSA) is 79.0 Å². The summed E-state index contributed by atoms with van der Waals surface area (Å²) in [7, 11) is 4.06. The molecular weight excluding hydrogens is 305 g/mol. The van der Waals surface area contributed by atoms with E-state index in [2.05, 4.69) is 14.6 Å². The van der Waals surface area contributed by atoms with Crippen molar-refractivity contribution in [2.24, 2.45) is 0 Å². The quantitative estimate of drug-likeness (QED) is 0.696. The molecule has 1 unspecified atom stereocenters. The van der Waals surface area contributed by atoms with Crippen LogP contribution in [0.1, 0.15) is 27.7 Å². The smallest absolute Gasteiger partial charge is 0.410 e. The van der Waals surface area contributed by atoms with E-state index in [1.54, 1.807) is 25.7 Å². The van der Waals surface area contributed by atoms with Crippen LogP contribution >= 0.6 is 9.24 Å². The Morgan fingerprint density at radius 3 is 2.23 bits per heavy atom. The van der Waals surface area contributed by atoms with Crippen molar-refractivity contribution in [1.82, 2.24) is 15.1 Å². The Labute approximate surface area is 134 Å². The van der Waals surface area contributed by atoms with Crippen molar-refractivity contribution >= 4 is 27.1 Å².